The van der Waals surface area contributed by atoms with Gasteiger partial charge in [-0.25, -0.2) is 0 Å². The van der Waals surface area contributed by atoms with Gasteiger partial charge < -0.3 is 15.5 Å². The van der Waals surface area contributed by atoms with Crippen molar-refractivity contribution >= 4 is 22.4 Å². The second-order valence-corrected chi connectivity index (χ2v) is 10.5. The van der Waals surface area contributed by atoms with Crippen LogP contribution in [-0.4, -0.2) is 47.5 Å². The summed E-state index contributed by atoms with van der Waals surface area (Å²) in [7, 11) is 0. The van der Waals surface area contributed by atoms with Crippen molar-refractivity contribution in [1.82, 2.24) is 24.8 Å². The van der Waals surface area contributed by atoms with E-state index < -0.39 is 17.4 Å². The molecule has 1 aliphatic rings. The highest BCUT2D eigenvalue weighted by Crippen LogP contribution is 2.42. The topological polar surface area (TPSA) is 135 Å². The smallest absolute Gasteiger partial charge is 0.279 e. The first-order valence-corrected chi connectivity index (χ1v) is 13.8. The van der Waals surface area contributed by atoms with Crippen LogP contribution in [0, 0.1) is 5.92 Å². The van der Waals surface area contributed by atoms with Crippen molar-refractivity contribution in [3.63, 3.8) is 0 Å². The Labute approximate surface area is 241 Å². The standard InChI is InChI=1S/C32H30N6O4/c1-21(9-7-8-16-37-19-29(35-36-37)26(20-39)22-10-3-2-4-11-22)32(42)27-17-24(14-15-28(27)34-31(32)41)38-30(40)25-13-6-5-12-23(25)18-33-38/h2-7,9-15,17-19,21,26,39,42H,8,16,20H2,1H3,(H,34,41)/b9-7+/t21-,26?,32+/m0/s1. The molecule has 6 rings (SSSR count). The van der Waals surface area contributed by atoms with Gasteiger partial charge in [-0.05, 0) is 36.2 Å². The number of hydrogen-bond acceptors (Lipinski definition) is 7. The number of aryl methyl sites for hydroxylation is 1. The Bertz CT molecular complexity index is 1850. The second kappa shape index (κ2) is 11.2. The predicted molar refractivity (Wildman–Crippen MR) is 158 cm³/mol. The van der Waals surface area contributed by atoms with Crippen molar-refractivity contribution in [3.05, 3.63) is 125 Å². The molecule has 212 valence electrons. The van der Waals surface area contributed by atoms with Crippen LogP contribution in [0.15, 0.2) is 102 Å². The van der Waals surface area contributed by atoms with Gasteiger partial charge in [0.1, 0.15) is 0 Å². The number of nitrogens with one attached hydrogen (secondary N) is 1. The van der Waals surface area contributed by atoms with Gasteiger partial charge in [0.15, 0.2) is 5.60 Å². The molecule has 10 heteroatoms. The SMILES string of the molecule is C[C@@H](/C=C/CCn1cc(C(CO)c2ccccc2)nn1)[C@]1(O)C(=O)Nc2ccc(-n3ncc4ccccc4c3=O)cc21. The minimum absolute atomic E-state index is 0.0739. The Hall–Kier alpha value is -4.93. The maximum absolute atomic E-state index is 13.1. The van der Waals surface area contributed by atoms with E-state index >= 15 is 0 Å². The Kier molecular flexibility index (Phi) is 7.24. The lowest BCUT2D eigenvalue weighted by molar-refractivity contribution is -0.137. The number of allylic oxidation sites excluding steroid dienone is 1. The first-order chi connectivity index (χ1) is 20.4. The van der Waals surface area contributed by atoms with E-state index in [0.29, 0.717) is 41.0 Å². The van der Waals surface area contributed by atoms with E-state index in [1.807, 2.05) is 54.7 Å². The molecule has 42 heavy (non-hydrogen) atoms. The fourth-order valence-corrected chi connectivity index (χ4v) is 5.44. The number of aliphatic hydroxyl groups excluding tert-OH is 1. The Morgan fingerprint density at radius 3 is 2.64 bits per heavy atom. The Morgan fingerprint density at radius 2 is 1.83 bits per heavy atom. The minimum atomic E-state index is -1.83. The zero-order valence-electron chi connectivity index (χ0n) is 23.0. The largest absolute Gasteiger partial charge is 0.395 e. The van der Waals surface area contributed by atoms with Crippen molar-refractivity contribution in [2.24, 2.45) is 5.92 Å². The van der Waals surface area contributed by atoms with Gasteiger partial charge in [-0.2, -0.15) is 9.78 Å². The zero-order chi connectivity index (χ0) is 29.3. The highest BCUT2D eigenvalue weighted by atomic mass is 16.3. The average Bonchev–Trinajstić information content (AvgIpc) is 3.58. The first-order valence-electron chi connectivity index (χ1n) is 13.8. The fraction of sp³-hybridized carbons (Fsp3) is 0.219. The third-order valence-electron chi connectivity index (χ3n) is 7.86. The van der Waals surface area contributed by atoms with Gasteiger partial charge in [0.25, 0.3) is 11.5 Å². The van der Waals surface area contributed by atoms with Crippen molar-refractivity contribution in [1.29, 1.82) is 0 Å². The summed E-state index contributed by atoms with van der Waals surface area (Å²) in [6, 6.07) is 21.9. The van der Waals surface area contributed by atoms with Gasteiger partial charge in [-0.15, -0.1) is 5.10 Å². The van der Waals surface area contributed by atoms with Crippen LogP contribution in [0.1, 0.15) is 36.1 Å². The van der Waals surface area contributed by atoms with Gasteiger partial charge in [-0.3, -0.25) is 14.3 Å². The molecule has 0 spiro atoms. The molecule has 0 bridgehead atoms. The number of rotatable bonds is 9. The molecule has 0 aliphatic carbocycles. The van der Waals surface area contributed by atoms with E-state index in [0.717, 1.165) is 10.9 Å². The van der Waals surface area contributed by atoms with E-state index in [2.05, 4.69) is 20.7 Å². The number of carbonyl (C=O) groups is 1. The van der Waals surface area contributed by atoms with Gasteiger partial charge in [0.05, 0.1) is 35.5 Å². The number of anilines is 1. The molecule has 3 N–H and O–H groups in total. The zero-order valence-corrected chi connectivity index (χ0v) is 23.0. The molecular weight excluding hydrogens is 532 g/mol. The van der Waals surface area contributed by atoms with Crippen molar-refractivity contribution < 1.29 is 15.0 Å². The number of aromatic nitrogens is 5. The molecule has 3 atom stereocenters. The number of amides is 1. The molecule has 0 fully saturated rings. The van der Waals surface area contributed by atoms with E-state index in [1.165, 1.54) is 4.68 Å². The highest BCUT2D eigenvalue weighted by molar-refractivity contribution is 6.05. The molecule has 0 saturated carbocycles. The van der Waals surface area contributed by atoms with Crippen LogP contribution in [0.5, 0.6) is 0 Å². The number of aliphatic hydroxyl groups is 2. The van der Waals surface area contributed by atoms with Crippen LogP contribution in [0.2, 0.25) is 0 Å². The van der Waals surface area contributed by atoms with Crippen LogP contribution in [0.25, 0.3) is 16.5 Å². The number of carbonyl (C=O) groups excluding carboxylic acids is 1. The molecule has 0 saturated heterocycles. The molecule has 5 aromatic rings. The predicted octanol–water partition coefficient (Wildman–Crippen LogP) is 3.52. The van der Waals surface area contributed by atoms with E-state index in [-0.39, 0.29) is 18.1 Å². The summed E-state index contributed by atoms with van der Waals surface area (Å²) < 4.78 is 2.99. The summed E-state index contributed by atoms with van der Waals surface area (Å²) in [5.41, 5.74) is 0.876. The molecule has 2 aromatic heterocycles. The Balaban J connectivity index is 1.18. The molecule has 1 aliphatic heterocycles. The summed E-state index contributed by atoms with van der Waals surface area (Å²) in [5, 5.41) is 38.4. The molecule has 0 radical (unpaired) electrons. The highest BCUT2D eigenvalue weighted by Gasteiger charge is 2.48. The van der Waals surface area contributed by atoms with Gasteiger partial charge >= 0.3 is 0 Å². The summed E-state index contributed by atoms with van der Waals surface area (Å²) in [5.74, 6) is -1.35. The summed E-state index contributed by atoms with van der Waals surface area (Å²) in [6.45, 7) is 2.23. The van der Waals surface area contributed by atoms with Gasteiger partial charge in [0.2, 0.25) is 0 Å². The minimum Gasteiger partial charge on any atom is -0.395 e. The average molecular weight is 563 g/mol. The number of nitrogens with zero attached hydrogens (tertiary/aromatic N) is 5. The molecule has 3 aromatic carbocycles. The monoisotopic (exact) mass is 562 g/mol. The van der Waals surface area contributed by atoms with Crippen LogP contribution in [-0.2, 0) is 16.9 Å². The molecule has 10 nitrogen and oxygen atoms in total. The lowest BCUT2D eigenvalue weighted by Gasteiger charge is -2.26. The maximum atomic E-state index is 13.1. The van der Waals surface area contributed by atoms with Crippen molar-refractivity contribution in [2.45, 2.75) is 31.4 Å². The van der Waals surface area contributed by atoms with E-state index in [1.54, 1.807) is 54.2 Å². The number of fused-ring (bicyclic) bond motifs is 2. The fourth-order valence-electron chi connectivity index (χ4n) is 5.44. The quantitative estimate of drug-likeness (QED) is 0.234. The number of hydrogen-bond donors (Lipinski definition) is 3. The molecule has 3 heterocycles. The lowest BCUT2D eigenvalue weighted by Crippen LogP contribution is -2.39. The summed E-state index contributed by atoms with van der Waals surface area (Å²) in [4.78, 5) is 26.2. The van der Waals surface area contributed by atoms with Crippen LogP contribution in [0.4, 0.5) is 5.69 Å². The van der Waals surface area contributed by atoms with Crippen LogP contribution in [0.3, 0.4) is 0 Å². The van der Waals surface area contributed by atoms with Crippen molar-refractivity contribution in [2.75, 3.05) is 11.9 Å². The van der Waals surface area contributed by atoms with Gasteiger partial charge in [0, 0.05) is 35.3 Å². The van der Waals surface area contributed by atoms with Crippen LogP contribution < -0.4 is 10.9 Å². The molecule has 1 unspecified atom stereocenters. The number of benzene rings is 3. The van der Waals surface area contributed by atoms with Gasteiger partial charge in [-0.1, -0.05) is 72.8 Å². The van der Waals surface area contributed by atoms with Crippen LogP contribution >= 0.6 is 0 Å². The second-order valence-electron chi connectivity index (χ2n) is 10.5. The summed E-state index contributed by atoms with van der Waals surface area (Å²) in [6.07, 6.45) is 7.73. The first kappa shape index (κ1) is 27.3. The normalized spacial score (nSPS) is 17.8. The van der Waals surface area contributed by atoms with E-state index in [9.17, 15) is 19.8 Å². The van der Waals surface area contributed by atoms with Crippen molar-refractivity contribution in [3.8, 4) is 5.69 Å². The molecular formula is C32H30N6O4. The summed E-state index contributed by atoms with van der Waals surface area (Å²) >= 11 is 0. The van der Waals surface area contributed by atoms with E-state index in [4.69, 9.17) is 0 Å². The maximum Gasteiger partial charge on any atom is 0.279 e. The molecule has 1 amide bonds. The Morgan fingerprint density at radius 1 is 1.05 bits per heavy atom. The lowest BCUT2D eigenvalue weighted by atomic mass is 9.82. The third-order valence-corrected chi connectivity index (χ3v) is 7.86. The third kappa shape index (κ3) is 4.80.